The van der Waals surface area contributed by atoms with Gasteiger partial charge in [-0.2, -0.15) is 0 Å². The average molecular weight is 420 g/mol. The van der Waals surface area contributed by atoms with Crippen LogP contribution in [0.5, 0.6) is 0 Å². The van der Waals surface area contributed by atoms with Crippen LogP contribution in [0.1, 0.15) is 32.3 Å². The Balaban J connectivity index is 1.47. The number of hydrogen-bond acceptors (Lipinski definition) is 3. The van der Waals surface area contributed by atoms with Crippen LogP contribution in [0.25, 0.3) is 0 Å². The van der Waals surface area contributed by atoms with Gasteiger partial charge in [-0.3, -0.25) is 14.7 Å². The van der Waals surface area contributed by atoms with Gasteiger partial charge in [0.2, 0.25) is 5.91 Å². The highest BCUT2D eigenvalue weighted by molar-refractivity contribution is 6.31. The molecule has 0 aromatic heterocycles. The van der Waals surface area contributed by atoms with Crippen molar-refractivity contribution in [2.75, 3.05) is 52.4 Å². The predicted octanol–water partition coefficient (Wildman–Crippen LogP) is 2.68. The molecule has 0 saturated carbocycles. The topological polar surface area (TPSA) is 51.2 Å². The first-order valence-corrected chi connectivity index (χ1v) is 11.2. The normalized spacial score (nSPS) is 19.5. The maximum atomic E-state index is 11.5. The lowest BCUT2D eigenvalue weighted by molar-refractivity contribution is -0.130. The molecule has 1 N–H and O–H groups in total. The van der Waals surface area contributed by atoms with Gasteiger partial charge in [-0.05, 0) is 50.4 Å². The minimum Gasteiger partial charge on any atom is -0.357 e. The second kappa shape index (κ2) is 10.8. The number of piperazine rings is 1. The Morgan fingerprint density at radius 1 is 1.10 bits per heavy atom. The summed E-state index contributed by atoms with van der Waals surface area (Å²) in [4.78, 5) is 23.2. The average Bonchev–Trinajstić information content (AvgIpc) is 2.74. The Hall–Kier alpha value is -1.79. The first-order chi connectivity index (χ1) is 14.1. The number of piperidine rings is 1. The van der Waals surface area contributed by atoms with Gasteiger partial charge in [0.05, 0.1) is 0 Å². The molecule has 1 amide bonds. The second-order valence-electron chi connectivity index (χ2n) is 8.00. The third-order valence-corrected chi connectivity index (χ3v) is 6.29. The number of nitrogens with one attached hydrogen (secondary N) is 1. The van der Waals surface area contributed by atoms with E-state index in [4.69, 9.17) is 16.6 Å². The molecule has 2 heterocycles. The molecule has 0 unspecified atom stereocenters. The zero-order chi connectivity index (χ0) is 20.6. The van der Waals surface area contributed by atoms with Crippen LogP contribution in [0.4, 0.5) is 0 Å². The summed E-state index contributed by atoms with van der Waals surface area (Å²) in [6.07, 6.45) is 2.34. The van der Waals surface area contributed by atoms with Gasteiger partial charge in [0.15, 0.2) is 5.96 Å². The number of carbonyl (C=O) groups excluding carboxylic acids is 1. The molecule has 0 bridgehead atoms. The molecule has 160 valence electrons. The van der Waals surface area contributed by atoms with Gasteiger partial charge in [-0.15, -0.1) is 0 Å². The summed E-state index contributed by atoms with van der Waals surface area (Å²) in [6, 6.07) is 8.13. The van der Waals surface area contributed by atoms with Crippen LogP contribution in [0.15, 0.2) is 29.3 Å². The molecule has 0 aliphatic carbocycles. The molecule has 2 aliphatic heterocycles. The fourth-order valence-corrected chi connectivity index (χ4v) is 4.26. The largest absolute Gasteiger partial charge is 0.357 e. The number of likely N-dealkylation sites (tertiary alicyclic amines) is 1. The third-order valence-electron chi connectivity index (χ3n) is 5.92. The van der Waals surface area contributed by atoms with E-state index in [9.17, 15) is 4.79 Å². The highest BCUT2D eigenvalue weighted by atomic mass is 35.5. The monoisotopic (exact) mass is 419 g/mol. The van der Waals surface area contributed by atoms with Crippen molar-refractivity contribution >= 4 is 23.5 Å². The molecule has 29 heavy (non-hydrogen) atoms. The van der Waals surface area contributed by atoms with E-state index in [1.165, 1.54) is 18.4 Å². The second-order valence-corrected chi connectivity index (χ2v) is 8.41. The number of halogens is 1. The van der Waals surface area contributed by atoms with Crippen LogP contribution >= 0.6 is 11.6 Å². The van der Waals surface area contributed by atoms with Gasteiger partial charge in [0, 0.05) is 57.8 Å². The number of nitrogens with zero attached hydrogens (tertiary/aromatic N) is 4. The molecule has 2 saturated heterocycles. The van der Waals surface area contributed by atoms with E-state index in [1.807, 2.05) is 17.0 Å². The lowest BCUT2D eigenvalue weighted by Crippen LogP contribution is -2.53. The Morgan fingerprint density at radius 3 is 2.38 bits per heavy atom. The smallest absolute Gasteiger partial charge is 0.219 e. The van der Waals surface area contributed by atoms with Crippen molar-refractivity contribution in [2.45, 2.75) is 33.2 Å². The van der Waals surface area contributed by atoms with Crippen molar-refractivity contribution in [1.29, 1.82) is 0 Å². The molecule has 2 fully saturated rings. The van der Waals surface area contributed by atoms with Gasteiger partial charge >= 0.3 is 0 Å². The molecule has 0 radical (unpaired) electrons. The predicted molar refractivity (Wildman–Crippen MR) is 119 cm³/mol. The highest BCUT2D eigenvalue weighted by Gasteiger charge is 2.23. The van der Waals surface area contributed by atoms with Crippen LogP contribution in [0, 0.1) is 5.92 Å². The first-order valence-electron chi connectivity index (χ1n) is 10.8. The van der Waals surface area contributed by atoms with Crippen LogP contribution < -0.4 is 5.32 Å². The molecular formula is C22H34ClN5O. The zero-order valence-corrected chi connectivity index (χ0v) is 18.5. The number of aliphatic imine (C=N–C) groups is 1. The fourth-order valence-electron chi connectivity index (χ4n) is 4.07. The third kappa shape index (κ3) is 6.34. The van der Waals surface area contributed by atoms with Crippen LogP contribution in [0.2, 0.25) is 5.02 Å². The molecule has 1 aromatic carbocycles. The minimum absolute atomic E-state index is 0.162. The van der Waals surface area contributed by atoms with E-state index >= 15 is 0 Å². The fraction of sp³-hybridized carbons (Fsp3) is 0.636. The van der Waals surface area contributed by atoms with Gasteiger partial charge in [-0.1, -0.05) is 29.8 Å². The summed E-state index contributed by atoms with van der Waals surface area (Å²) in [5.41, 5.74) is 1.21. The molecule has 0 spiro atoms. The van der Waals surface area contributed by atoms with E-state index in [2.05, 4.69) is 34.2 Å². The maximum Gasteiger partial charge on any atom is 0.219 e. The number of carbonyl (C=O) groups is 1. The van der Waals surface area contributed by atoms with Crippen molar-refractivity contribution < 1.29 is 4.79 Å². The molecular weight excluding hydrogens is 386 g/mol. The minimum atomic E-state index is 0.162. The molecule has 6 nitrogen and oxygen atoms in total. The van der Waals surface area contributed by atoms with Crippen LogP contribution in [0.3, 0.4) is 0 Å². The van der Waals surface area contributed by atoms with Crippen LogP contribution in [-0.2, 0) is 11.3 Å². The molecule has 0 atom stereocenters. The number of hydrogen-bond donors (Lipinski definition) is 1. The van der Waals surface area contributed by atoms with Gasteiger partial charge in [-0.25, -0.2) is 0 Å². The van der Waals surface area contributed by atoms with Crippen molar-refractivity contribution in [3.05, 3.63) is 34.9 Å². The summed E-state index contributed by atoms with van der Waals surface area (Å²) >= 11 is 6.31. The zero-order valence-electron chi connectivity index (χ0n) is 17.7. The maximum absolute atomic E-state index is 11.5. The number of guanidine groups is 1. The number of rotatable bonds is 5. The lowest BCUT2D eigenvalue weighted by Gasteiger charge is -2.36. The van der Waals surface area contributed by atoms with E-state index in [0.29, 0.717) is 5.92 Å². The van der Waals surface area contributed by atoms with Gasteiger partial charge in [0.1, 0.15) is 0 Å². The Bertz CT molecular complexity index is 694. The molecule has 2 aliphatic rings. The number of amides is 1. The molecule has 7 heteroatoms. The Labute approximate surface area is 179 Å². The highest BCUT2D eigenvalue weighted by Crippen LogP contribution is 2.22. The SMILES string of the molecule is CCNC(=NCC1CCN(Cc2ccccc2Cl)CC1)N1CCN(C(C)=O)CC1. The summed E-state index contributed by atoms with van der Waals surface area (Å²) in [6.45, 7) is 11.9. The van der Waals surface area contributed by atoms with Crippen molar-refractivity contribution in [2.24, 2.45) is 10.9 Å². The lowest BCUT2D eigenvalue weighted by atomic mass is 9.96. The first kappa shape index (κ1) is 21.9. The number of benzene rings is 1. The summed E-state index contributed by atoms with van der Waals surface area (Å²) in [5, 5.41) is 4.29. The van der Waals surface area contributed by atoms with Gasteiger partial charge in [0.25, 0.3) is 0 Å². The summed E-state index contributed by atoms with van der Waals surface area (Å²) in [7, 11) is 0. The van der Waals surface area contributed by atoms with E-state index in [0.717, 1.165) is 69.9 Å². The molecule has 3 rings (SSSR count). The van der Waals surface area contributed by atoms with Crippen molar-refractivity contribution in [3.63, 3.8) is 0 Å². The summed E-state index contributed by atoms with van der Waals surface area (Å²) < 4.78 is 0. The standard InChI is InChI=1S/C22H34ClN5O/c1-3-24-22(28-14-12-27(13-15-28)18(2)29)25-16-19-8-10-26(11-9-19)17-20-6-4-5-7-21(20)23/h4-7,19H,3,8-17H2,1-2H3,(H,24,25). The van der Waals surface area contributed by atoms with E-state index < -0.39 is 0 Å². The van der Waals surface area contributed by atoms with E-state index in [1.54, 1.807) is 6.92 Å². The molecule has 1 aromatic rings. The Morgan fingerprint density at radius 2 is 1.76 bits per heavy atom. The van der Waals surface area contributed by atoms with E-state index in [-0.39, 0.29) is 5.91 Å². The quantitative estimate of drug-likeness (QED) is 0.589. The van der Waals surface area contributed by atoms with Crippen molar-refractivity contribution in [3.8, 4) is 0 Å². The van der Waals surface area contributed by atoms with Crippen molar-refractivity contribution in [1.82, 2.24) is 20.0 Å². The Kier molecular flexibility index (Phi) is 8.19. The summed E-state index contributed by atoms with van der Waals surface area (Å²) in [5.74, 6) is 1.79. The van der Waals surface area contributed by atoms with Gasteiger partial charge < -0.3 is 15.1 Å². The van der Waals surface area contributed by atoms with Crippen LogP contribution in [-0.4, -0.2) is 78.9 Å².